The van der Waals surface area contributed by atoms with E-state index in [4.69, 9.17) is 14.2 Å². The number of carbonyl (C=O) groups is 1. The predicted octanol–water partition coefficient (Wildman–Crippen LogP) is 2.33. The van der Waals surface area contributed by atoms with E-state index in [0.29, 0.717) is 12.3 Å². The molecule has 7 heteroatoms. The fourth-order valence-electron chi connectivity index (χ4n) is 2.89. The van der Waals surface area contributed by atoms with Gasteiger partial charge in [0.15, 0.2) is 6.61 Å². The van der Waals surface area contributed by atoms with Crippen LogP contribution >= 0.6 is 11.3 Å². The van der Waals surface area contributed by atoms with Gasteiger partial charge in [-0.15, -0.1) is 0 Å². The van der Waals surface area contributed by atoms with Gasteiger partial charge in [-0.2, -0.15) is 11.3 Å². The largest absolute Gasteiger partial charge is 0.497 e. The van der Waals surface area contributed by atoms with Crippen LogP contribution in [0.2, 0.25) is 0 Å². The Morgan fingerprint density at radius 3 is 2.62 bits per heavy atom. The van der Waals surface area contributed by atoms with E-state index in [9.17, 15) is 4.79 Å². The number of hydrogen-bond donors (Lipinski definition) is 1. The van der Waals surface area contributed by atoms with Gasteiger partial charge in [0.25, 0.3) is 5.91 Å². The Bertz CT molecular complexity index is 669. The molecule has 1 aromatic carbocycles. The summed E-state index contributed by atoms with van der Waals surface area (Å²) in [5, 5.41) is 7.20. The minimum atomic E-state index is -0.130. The number of amides is 1. The number of carbonyl (C=O) groups excluding carboxylic acids is 1. The summed E-state index contributed by atoms with van der Waals surface area (Å²) in [4.78, 5) is 14.6. The van der Waals surface area contributed by atoms with Gasteiger partial charge in [-0.1, -0.05) is 0 Å². The van der Waals surface area contributed by atoms with Crippen LogP contribution in [0.5, 0.6) is 11.5 Å². The lowest BCUT2D eigenvalue weighted by Gasteiger charge is -2.34. The van der Waals surface area contributed by atoms with Crippen molar-refractivity contribution in [1.29, 1.82) is 0 Å². The van der Waals surface area contributed by atoms with Crippen LogP contribution in [0.3, 0.4) is 0 Å². The Labute approximate surface area is 157 Å². The third-order valence-electron chi connectivity index (χ3n) is 4.34. The van der Waals surface area contributed by atoms with Gasteiger partial charge in [-0.25, -0.2) is 0 Å². The Hall–Kier alpha value is -2.09. The number of ether oxygens (including phenoxy) is 3. The molecular weight excluding hydrogens is 352 g/mol. The van der Waals surface area contributed by atoms with Gasteiger partial charge in [0.1, 0.15) is 11.5 Å². The number of rotatable bonds is 8. The zero-order valence-electron chi connectivity index (χ0n) is 14.8. The first-order valence-electron chi connectivity index (χ1n) is 8.63. The van der Waals surface area contributed by atoms with Crippen LogP contribution in [0.15, 0.2) is 41.1 Å². The van der Waals surface area contributed by atoms with Crippen LogP contribution in [0.25, 0.3) is 0 Å². The smallest absolute Gasteiger partial charge is 0.258 e. The van der Waals surface area contributed by atoms with E-state index in [-0.39, 0.29) is 18.6 Å². The molecule has 1 aromatic heterocycles. The average Bonchev–Trinajstić information content (AvgIpc) is 3.22. The third-order valence-corrected chi connectivity index (χ3v) is 5.04. The maximum Gasteiger partial charge on any atom is 0.258 e. The highest BCUT2D eigenvalue weighted by atomic mass is 32.1. The summed E-state index contributed by atoms with van der Waals surface area (Å²) in [5.74, 6) is 1.27. The van der Waals surface area contributed by atoms with E-state index in [0.717, 1.165) is 32.1 Å². The molecule has 1 aliphatic rings. The van der Waals surface area contributed by atoms with E-state index in [2.05, 4.69) is 27.0 Å². The van der Waals surface area contributed by atoms with Crippen molar-refractivity contribution >= 4 is 17.2 Å². The number of morpholine rings is 1. The van der Waals surface area contributed by atoms with Crippen LogP contribution in [0.1, 0.15) is 11.6 Å². The summed E-state index contributed by atoms with van der Waals surface area (Å²) in [7, 11) is 1.61. The third kappa shape index (κ3) is 5.20. The fourth-order valence-corrected chi connectivity index (χ4v) is 3.60. The standard InChI is InChI=1S/C19H24N2O4S/c1-23-16-2-4-17(5-3-16)25-13-19(22)20-12-18(15-6-11-26-14-15)21-7-9-24-10-8-21/h2-6,11,14,18H,7-10,12-13H2,1H3,(H,20,22)/t18-/m0/s1. The SMILES string of the molecule is COc1ccc(OCC(=O)NC[C@@H](c2ccsc2)N2CCOCC2)cc1. The molecule has 1 aliphatic heterocycles. The number of methoxy groups -OCH3 is 1. The molecule has 26 heavy (non-hydrogen) atoms. The van der Waals surface area contributed by atoms with Crippen molar-refractivity contribution in [3.05, 3.63) is 46.7 Å². The number of nitrogens with one attached hydrogen (secondary N) is 1. The summed E-state index contributed by atoms with van der Waals surface area (Å²) in [6, 6.07) is 9.46. The first-order valence-corrected chi connectivity index (χ1v) is 9.58. The lowest BCUT2D eigenvalue weighted by atomic mass is 10.1. The molecule has 140 valence electrons. The first-order chi connectivity index (χ1) is 12.8. The Kier molecular flexibility index (Phi) is 6.88. The van der Waals surface area contributed by atoms with Crippen LogP contribution in [-0.2, 0) is 9.53 Å². The lowest BCUT2D eigenvalue weighted by molar-refractivity contribution is -0.123. The zero-order valence-corrected chi connectivity index (χ0v) is 15.7. The van der Waals surface area contributed by atoms with E-state index in [1.54, 1.807) is 42.7 Å². The predicted molar refractivity (Wildman–Crippen MR) is 101 cm³/mol. The Morgan fingerprint density at radius 2 is 1.96 bits per heavy atom. The molecule has 0 radical (unpaired) electrons. The minimum absolute atomic E-state index is 0.00814. The van der Waals surface area contributed by atoms with E-state index in [1.807, 2.05) is 0 Å². The van der Waals surface area contributed by atoms with Crippen molar-refractivity contribution in [2.75, 3.05) is 46.6 Å². The molecule has 0 saturated carbocycles. The second-order valence-corrected chi connectivity index (χ2v) is 6.77. The van der Waals surface area contributed by atoms with E-state index >= 15 is 0 Å². The van der Waals surface area contributed by atoms with Gasteiger partial charge in [0.05, 0.1) is 26.4 Å². The molecule has 0 spiro atoms. The molecule has 0 unspecified atom stereocenters. The van der Waals surface area contributed by atoms with Gasteiger partial charge < -0.3 is 19.5 Å². The zero-order chi connectivity index (χ0) is 18.2. The molecule has 1 fully saturated rings. The highest BCUT2D eigenvalue weighted by Gasteiger charge is 2.23. The van der Waals surface area contributed by atoms with E-state index in [1.165, 1.54) is 5.56 Å². The van der Waals surface area contributed by atoms with Crippen LogP contribution < -0.4 is 14.8 Å². The maximum absolute atomic E-state index is 12.2. The second kappa shape index (κ2) is 9.56. The summed E-state index contributed by atoms with van der Waals surface area (Å²) in [6.45, 7) is 3.76. The Balaban J connectivity index is 1.50. The van der Waals surface area contributed by atoms with Gasteiger partial charge in [-0.3, -0.25) is 9.69 Å². The lowest BCUT2D eigenvalue weighted by Crippen LogP contribution is -2.44. The molecule has 1 atom stereocenters. The average molecular weight is 376 g/mol. The van der Waals surface area contributed by atoms with E-state index < -0.39 is 0 Å². The topological polar surface area (TPSA) is 60.0 Å². The summed E-state index contributed by atoms with van der Waals surface area (Å²) in [6.07, 6.45) is 0. The van der Waals surface area contributed by atoms with Crippen molar-refractivity contribution in [3.8, 4) is 11.5 Å². The summed E-state index contributed by atoms with van der Waals surface area (Å²) >= 11 is 1.67. The minimum Gasteiger partial charge on any atom is -0.497 e. The normalized spacial score (nSPS) is 16.0. The Morgan fingerprint density at radius 1 is 1.23 bits per heavy atom. The molecule has 3 rings (SSSR count). The van der Waals surface area contributed by atoms with Crippen LogP contribution in [-0.4, -0.2) is 57.4 Å². The van der Waals surface area contributed by atoms with Gasteiger partial charge in [0.2, 0.25) is 0 Å². The number of nitrogens with zero attached hydrogens (tertiary/aromatic N) is 1. The van der Waals surface area contributed by atoms with Crippen molar-refractivity contribution in [1.82, 2.24) is 10.2 Å². The van der Waals surface area contributed by atoms with Gasteiger partial charge >= 0.3 is 0 Å². The summed E-state index contributed by atoms with van der Waals surface area (Å²) in [5.41, 5.74) is 1.23. The molecule has 1 amide bonds. The number of hydrogen-bond acceptors (Lipinski definition) is 6. The van der Waals surface area contributed by atoms with Crippen molar-refractivity contribution in [2.24, 2.45) is 0 Å². The highest BCUT2D eigenvalue weighted by molar-refractivity contribution is 7.07. The molecule has 2 aromatic rings. The van der Waals surface area contributed by atoms with Gasteiger partial charge in [0, 0.05) is 19.6 Å². The second-order valence-electron chi connectivity index (χ2n) is 5.99. The molecule has 1 saturated heterocycles. The number of benzene rings is 1. The van der Waals surface area contributed by atoms with Crippen LogP contribution in [0.4, 0.5) is 0 Å². The van der Waals surface area contributed by atoms with Crippen molar-refractivity contribution in [3.63, 3.8) is 0 Å². The maximum atomic E-state index is 12.2. The molecule has 0 aliphatic carbocycles. The summed E-state index contributed by atoms with van der Waals surface area (Å²) < 4.78 is 16.1. The fraction of sp³-hybridized carbons (Fsp3) is 0.421. The molecule has 0 bridgehead atoms. The monoisotopic (exact) mass is 376 g/mol. The quantitative estimate of drug-likeness (QED) is 0.766. The highest BCUT2D eigenvalue weighted by Crippen LogP contribution is 2.23. The van der Waals surface area contributed by atoms with Crippen molar-refractivity contribution in [2.45, 2.75) is 6.04 Å². The molecule has 6 nitrogen and oxygen atoms in total. The van der Waals surface area contributed by atoms with Crippen LogP contribution in [0, 0.1) is 0 Å². The molecule has 1 N–H and O–H groups in total. The van der Waals surface area contributed by atoms with Crippen molar-refractivity contribution < 1.29 is 19.0 Å². The molecular formula is C19H24N2O4S. The number of thiophene rings is 1. The van der Waals surface area contributed by atoms with Gasteiger partial charge in [-0.05, 0) is 46.7 Å². The first kappa shape index (κ1) is 18.7. The molecule has 2 heterocycles.